The van der Waals surface area contributed by atoms with Crippen molar-refractivity contribution in [1.82, 2.24) is 15.3 Å². The minimum Gasteiger partial charge on any atom is -0.370 e. The van der Waals surface area contributed by atoms with Crippen LogP contribution in [0.3, 0.4) is 0 Å². The highest BCUT2D eigenvalue weighted by atomic mass is 15.3. The van der Waals surface area contributed by atoms with Crippen LogP contribution >= 0.6 is 0 Å². The molecule has 0 amide bonds. The largest absolute Gasteiger partial charge is 0.370 e. The molecule has 20 heavy (non-hydrogen) atoms. The number of benzene rings is 1. The van der Waals surface area contributed by atoms with Crippen LogP contribution in [-0.4, -0.2) is 42.1 Å². The van der Waals surface area contributed by atoms with E-state index >= 15 is 0 Å². The van der Waals surface area contributed by atoms with Gasteiger partial charge in [0.1, 0.15) is 0 Å². The summed E-state index contributed by atoms with van der Waals surface area (Å²) in [6.07, 6.45) is 0. The van der Waals surface area contributed by atoms with Gasteiger partial charge in [-0.15, -0.1) is 0 Å². The Morgan fingerprint density at radius 1 is 1.15 bits per heavy atom. The standard InChI is InChI=1S/C13H17N7/c14-12(15)18-11-9-3-1-2-4-10(9)17-13(19-11)20-7-5-16-6-8-20/h1-4,16H,5-8H2,(H4,14,15,17,18,19). The number of guanidine groups is 1. The highest BCUT2D eigenvalue weighted by molar-refractivity contribution is 5.92. The molecule has 0 saturated carbocycles. The van der Waals surface area contributed by atoms with Gasteiger partial charge in [-0.1, -0.05) is 12.1 Å². The summed E-state index contributed by atoms with van der Waals surface area (Å²) in [6.45, 7) is 3.60. The molecular formula is C13H17N7. The van der Waals surface area contributed by atoms with Gasteiger partial charge in [0.15, 0.2) is 11.8 Å². The van der Waals surface area contributed by atoms with Crippen molar-refractivity contribution in [1.29, 1.82) is 0 Å². The molecule has 0 atom stereocenters. The van der Waals surface area contributed by atoms with Gasteiger partial charge in [-0.05, 0) is 12.1 Å². The van der Waals surface area contributed by atoms with E-state index in [4.69, 9.17) is 11.5 Å². The zero-order chi connectivity index (χ0) is 13.9. The van der Waals surface area contributed by atoms with Crippen molar-refractivity contribution in [3.05, 3.63) is 24.3 Å². The third-order valence-electron chi connectivity index (χ3n) is 3.21. The van der Waals surface area contributed by atoms with Gasteiger partial charge < -0.3 is 21.7 Å². The number of nitrogens with two attached hydrogens (primary N) is 2. The quantitative estimate of drug-likeness (QED) is 0.522. The van der Waals surface area contributed by atoms with E-state index in [1.807, 2.05) is 24.3 Å². The Kier molecular flexibility index (Phi) is 3.34. The zero-order valence-corrected chi connectivity index (χ0v) is 11.1. The normalized spacial score (nSPS) is 15.3. The lowest BCUT2D eigenvalue weighted by Crippen LogP contribution is -2.44. The summed E-state index contributed by atoms with van der Waals surface area (Å²) >= 11 is 0. The number of hydrogen-bond donors (Lipinski definition) is 3. The maximum atomic E-state index is 5.49. The second kappa shape index (κ2) is 5.30. The summed E-state index contributed by atoms with van der Waals surface area (Å²) in [6, 6.07) is 7.71. The molecule has 1 aliphatic heterocycles. The van der Waals surface area contributed by atoms with E-state index in [0.717, 1.165) is 37.1 Å². The van der Waals surface area contributed by atoms with Crippen LogP contribution in [0.5, 0.6) is 0 Å². The predicted octanol–water partition coefficient (Wildman–Crippen LogP) is -0.0557. The van der Waals surface area contributed by atoms with Gasteiger partial charge in [0.2, 0.25) is 5.95 Å². The fourth-order valence-electron chi connectivity index (χ4n) is 2.26. The van der Waals surface area contributed by atoms with E-state index in [1.165, 1.54) is 0 Å². The number of aliphatic imine (C=N–C) groups is 1. The van der Waals surface area contributed by atoms with Gasteiger partial charge in [0.25, 0.3) is 0 Å². The molecule has 1 fully saturated rings. The smallest absolute Gasteiger partial charge is 0.228 e. The molecule has 0 unspecified atom stereocenters. The van der Waals surface area contributed by atoms with Crippen molar-refractivity contribution < 1.29 is 0 Å². The summed E-state index contributed by atoms with van der Waals surface area (Å²) in [5.74, 6) is 1.19. The molecule has 104 valence electrons. The van der Waals surface area contributed by atoms with Crippen LogP contribution in [0.1, 0.15) is 0 Å². The third kappa shape index (κ3) is 2.48. The van der Waals surface area contributed by atoms with Crippen LogP contribution in [-0.2, 0) is 0 Å². The number of piperazine rings is 1. The van der Waals surface area contributed by atoms with Gasteiger partial charge in [0.05, 0.1) is 5.52 Å². The van der Waals surface area contributed by atoms with Crippen molar-refractivity contribution in [3.63, 3.8) is 0 Å². The molecule has 0 spiro atoms. The van der Waals surface area contributed by atoms with E-state index in [2.05, 4.69) is 25.2 Å². The highest BCUT2D eigenvalue weighted by Gasteiger charge is 2.15. The Hall–Kier alpha value is -2.41. The molecule has 1 saturated heterocycles. The molecule has 7 heteroatoms. The van der Waals surface area contributed by atoms with Gasteiger partial charge in [-0.25, -0.2) is 4.98 Å². The lowest BCUT2D eigenvalue weighted by molar-refractivity contribution is 0.580. The fraction of sp³-hybridized carbons (Fsp3) is 0.308. The van der Waals surface area contributed by atoms with Crippen LogP contribution in [0.15, 0.2) is 29.3 Å². The van der Waals surface area contributed by atoms with Crippen LogP contribution in [0, 0.1) is 0 Å². The van der Waals surface area contributed by atoms with Gasteiger partial charge in [-0.3, -0.25) is 0 Å². The van der Waals surface area contributed by atoms with Crippen molar-refractivity contribution in [3.8, 4) is 0 Å². The number of hydrogen-bond acceptors (Lipinski definition) is 5. The summed E-state index contributed by atoms with van der Waals surface area (Å²) in [5, 5.41) is 4.15. The Balaban J connectivity index is 2.11. The van der Waals surface area contributed by atoms with Crippen molar-refractivity contribution >= 4 is 28.6 Å². The first-order valence-corrected chi connectivity index (χ1v) is 6.56. The Labute approximate surface area is 116 Å². The number of para-hydroxylation sites is 1. The van der Waals surface area contributed by atoms with Crippen LogP contribution in [0.25, 0.3) is 10.9 Å². The maximum Gasteiger partial charge on any atom is 0.228 e. The molecule has 5 N–H and O–H groups in total. The minimum absolute atomic E-state index is 0.000105. The Bertz CT molecular complexity index is 642. The van der Waals surface area contributed by atoms with E-state index in [1.54, 1.807) is 0 Å². The summed E-state index contributed by atoms with van der Waals surface area (Å²) in [7, 11) is 0. The van der Waals surface area contributed by atoms with Gasteiger partial charge in [-0.2, -0.15) is 9.98 Å². The average molecular weight is 271 g/mol. The molecule has 2 heterocycles. The Morgan fingerprint density at radius 2 is 1.90 bits per heavy atom. The second-order valence-electron chi connectivity index (χ2n) is 4.64. The Morgan fingerprint density at radius 3 is 2.65 bits per heavy atom. The molecule has 2 aromatic rings. The van der Waals surface area contributed by atoms with E-state index in [9.17, 15) is 0 Å². The molecule has 3 rings (SSSR count). The molecule has 1 aromatic heterocycles. The molecule has 0 aliphatic carbocycles. The van der Waals surface area contributed by atoms with Crippen molar-refractivity contribution in [2.75, 3.05) is 31.1 Å². The molecular weight excluding hydrogens is 254 g/mol. The zero-order valence-electron chi connectivity index (χ0n) is 11.1. The maximum absolute atomic E-state index is 5.49. The average Bonchev–Trinajstić information content (AvgIpc) is 2.47. The molecule has 1 aliphatic rings. The lowest BCUT2D eigenvalue weighted by Gasteiger charge is -2.27. The fourth-order valence-corrected chi connectivity index (χ4v) is 2.26. The van der Waals surface area contributed by atoms with Crippen molar-refractivity contribution in [2.24, 2.45) is 16.5 Å². The van der Waals surface area contributed by atoms with Gasteiger partial charge >= 0.3 is 0 Å². The molecule has 1 aromatic carbocycles. The van der Waals surface area contributed by atoms with E-state index < -0.39 is 0 Å². The minimum atomic E-state index is 0.000105. The third-order valence-corrected chi connectivity index (χ3v) is 3.21. The topological polar surface area (TPSA) is 105 Å². The number of fused-ring (bicyclic) bond motifs is 1. The predicted molar refractivity (Wildman–Crippen MR) is 80.1 cm³/mol. The first kappa shape index (κ1) is 12.6. The number of nitrogens with zero attached hydrogens (tertiary/aromatic N) is 4. The summed E-state index contributed by atoms with van der Waals surface area (Å²) in [4.78, 5) is 15.4. The summed E-state index contributed by atoms with van der Waals surface area (Å²) in [5.41, 5.74) is 11.8. The highest BCUT2D eigenvalue weighted by Crippen LogP contribution is 2.25. The monoisotopic (exact) mass is 271 g/mol. The van der Waals surface area contributed by atoms with Crippen molar-refractivity contribution in [2.45, 2.75) is 0 Å². The van der Waals surface area contributed by atoms with Crippen LogP contribution < -0.4 is 21.7 Å². The van der Waals surface area contributed by atoms with Crippen LogP contribution in [0.4, 0.5) is 11.8 Å². The first-order valence-electron chi connectivity index (χ1n) is 6.56. The number of anilines is 1. The molecule has 0 radical (unpaired) electrons. The summed E-state index contributed by atoms with van der Waals surface area (Å²) < 4.78 is 0. The van der Waals surface area contributed by atoms with E-state index in [0.29, 0.717) is 11.8 Å². The SMILES string of the molecule is NC(N)=Nc1nc(N2CCNCC2)nc2ccccc12. The number of rotatable bonds is 2. The first-order chi connectivity index (χ1) is 9.74. The van der Waals surface area contributed by atoms with Gasteiger partial charge in [0, 0.05) is 31.6 Å². The van der Waals surface area contributed by atoms with Crippen LogP contribution in [0.2, 0.25) is 0 Å². The second-order valence-corrected chi connectivity index (χ2v) is 4.64. The molecule has 0 bridgehead atoms. The lowest BCUT2D eigenvalue weighted by atomic mass is 10.2. The van der Waals surface area contributed by atoms with E-state index in [-0.39, 0.29) is 5.96 Å². The number of nitrogens with one attached hydrogen (secondary N) is 1. The number of aromatic nitrogens is 2. The molecule has 7 nitrogen and oxygen atoms in total.